The highest BCUT2D eigenvalue weighted by Crippen LogP contribution is 2.45. The van der Waals surface area contributed by atoms with E-state index in [0.29, 0.717) is 0 Å². The van der Waals surface area contributed by atoms with Gasteiger partial charge < -0.3 is 4.74 Å². The van der Waals surface area contributed by atoms with Gasteiger partial charge in [-0.3, -0.25) is 14.9 Å². The van der Waals surface area contributed by atoms with Crippen molar-refractivity contribution in [3.8, 4) is 5.75 Å². The number of benzene rings is 1. The Kier molecular flexibility index (Phi) is 6.49. The van der Waals surface area contributed by atoms with Gasteiger partial charge in [0.25, 0.3) is 11.6 Å². The molecule has 1 amide bonds. The van der Waals surface area contributed by atoms with Crippen LogP contribution in [0.4, 0.5) is 5.69 Å². The van der Waals surface area contributed by atoms with Crippen LogP contribution in [0.5, 0.6) is 5.75 Å². The number of hydrogen-bond donors (Lipinski definition) is 0. The van der Waals surface area contributed by atoms with E-state index in [-0.39, 0.29) is 40.9 Å². The van der Waals surface area contributed by atoms with Gasteiger partial charge in [-0.1, -0.05) is 23.7 Å². The summed E-state index contributed by atoms with van der Waals surface area (Å²) in [4.78, 5) is 26.0. The smallest absolute Gasteiger partial charge is 0.281 e. The molecule has 0 radical (unpaired) electrons. The molecule has 0 N–H and O–H groups in total. The number of fused-ring (bicyclic) bond motifs is 1. The zero-order valence-corrected chi connectivity index (χ0v) is 20.3. The fraction of sp³-hybridized carbons (Fsp3) is 0.250. The second kappa shape index (κ2) is 9.69. The molecule has 7 nitrogen and oxygen atoms in total. The number of hydrogen-bond acceptors (Lipinski definition) is 7. The molecule has 1 saturated carbocycles. The number of nitro groups is 1. The van der Waals surface area contributed by atoms with Gasteiger partial charge in [0.2, 0.25) is 0 Å². The van der Waals surface area contributed by atoms with Gasteiger partial charge >= 0.3 is 0 Å². The molecular formula is C24H20ClN3O4S2. The molecule has 2 aliphatic rings. The summed E-state index contributed by atoms with van der Waals surface area (Å²) in [5, 5.41) is 21.4. The van der Waals surface area contributed by atoms with Crippen LogP contribution in [0, 0.1) is 16.0 Å². The van der Waals surface area contributed by atoms with E-state index < -0.39 is 4.92 Å². The average molecular weight is 514 g/mol. The number of nitro benzene ring substituents is 1. The molecule has 1 aromatic carbocycles. The Morgan fingerprint density at radius 1 is 1.26 bits per heavy atom. The number of rotatable bonds is 6. The van der Waals surface area contributed by atoms with Crippen LogP contribution < -0.4 is 4.74 Å². The Morgan fingerprint density at radius 3 is 2.79 bits per heavy atom. The van der Waals surface area contributed by atoms with Crippen molar-refractivity contribution in [3.63, 3.8) is 0 Å². The molecule has 0 bridgehead atoms. The minimum absolute atomic E-state index is 0.0828. The van der Waals surface area contributed by atoms with Gasteiger partial charge in [-0.05, 0) is 59.9 Å². The normalized spacial score (nSPS) is 20.8. The summed E-state index contributed by atoms with van der Waals surface area (Å²) in [6.45, 7) is -0.271. The van der Waals surface area contributed by atoms with Crippen LogP contribution >= 0.6 is 34.3 Å². The molecule has 2 atom stereocenters. The highest BCUT2D eigenvalue weighted by atomic mass is 35.5. The lowest BCUT2D eigenvalue weighted by atomic mass is 9.79. The first-order valence-corrected chi connectivity index (χ1v) is 12.9. The van der Waals surface area contributed by atoms with Gasteiger partial charge in [-0.25, -0.2) is 5.01 Å². The third kappa shape index (κ3) is 4.51. The number of halogens is 1. The molecule has 3 heterocycles. The zero-order chi connectivity index (χ0) is 23.7. The summed E-state index contributed by atoms with van der Waals surface area (Å²) in [6.07, 6.45) is 5.12. The first-order valence-electron chi connectivity index (χ1n) is 10.8. The minimum atomic E-state index is -0.532. The van der Waals surface area contributed by atoms with E-state index in [1.54, 1.807) is 27.7 Å². The van der Waals surface area contributed by atoms with E-state index in [2.05, 4.69) is 12.1 Å². The van der Waals surface area contributed by atoms with Crippen molar-refractivity contribution in [1.82, 2.24) is 5.01 Å². The Labute approximate surface area is 209 Å². The van der Waals surface area contributed by atoms with E-state index in [0.717, 1.165) is 29.9 Å². The highest BCUT2D eigenvalue weighted by Gasteiger charge is 2.44. The molecule has 2 aromatic heterocycles. The summed E-state index contributed by atoms with van der Waals surface area (Å²) in [5.41, 5.74) is 2.01. The van der Waals surface area contributed by atoms with Crippen molar-refractivity contribution < 1.29 is 14.5 Å². The van der Waals surface area contributed by atoms with Gasteiger partial charge in [-0.15, -0.1) is 22.7 Å². The fourth-order valence-corrected chi connectivity index (χ4v) is 6.20. The molecule has 0 saturated heterocycles. The Balaban J connectivity index is 1.41. The maximum absolute atomic E-state index is 13.3. The number of non-ortho nitro benzene ring substituents is 1. The number of nitrogens with zero attached hydrogens (tertiary/aromatic N) is 3. The first kappa shape index (κ1) is 22.8. The molecule has 1 fully saturated rings. The van der Waals surface area contributed by atoms with E-state index in [9.17, 15) is 14.9 Å². The van der Waals surface area contributed by atoms with Crippen LogP contribution in [0.25, 0.3) is 6.08 Å². The molecule has 1 aliphatic heterocycles. The van der Waals surface area contributed by atoms with Gasteiger partial charge in [-0.2, -0.15) is 5.10 Å². The lowest BCUT2D eigenvalue weighted by molar-refractivity contribution is -0.384. The molecule has 3 aromatic rings. The number of hydrazone groups is 1. The lowest BCUT2D eigenvalue weighted by Crippen LogP contribution is -2.34. The van der Waals surface area contributed by atoms with Crippen molar-refractivity contribution >= 4 is 57.7 Å². The van der Waals surface area contributed by atoms with Crippen LogP contribution in [-0.4, -0.2) is 28.2 Å². The summed E-state index contributed by atoms with van der Waals surface area (Å²) < 4.78 is 5.65. The fourth-order valence-electron chi connectivity index (χ4n) is 4.42. The van der Waals surface area contributed by atoms with Crippen LogP contribution in [0.15, 0.2) is 63.9 Å². The first-order chi connectivity index (χ1) is 16.5. The summed E-state index contributed by atoms with van der Waals surface area (Å²) in [7, 11) is 0. The maximum Gasteiger partial charge on any atom is 0.281 e. The largest absolute Gasteiger partial charge is 0.482 e. The molecule has 1 aliphatic carbocycles. The molecule has 5 rings (SSSR count). The van der Waals surface area contributed by atoms with Crippen LogP contribution in [0.3, 0.4) is 0 Å². The number of carbonyl (C=O) groups is 1. The predicted molar refractivity (Wildman–Crippen MR) is 135 cm³/mol. The number of thiophene rings is 2. The number of allylic oxidation sites excluding steroid dienone is 1. The predicted octanol–water partition coefficient (Wildman–Crippen LogP) is 6.57. The molecule has 0 spiro atoms. The third-order valence-electron chi connectivity index (χ3n) is 5.93. The second-order valence-electron chi connectivity index (χ2n) is 8.03. The van der Waals surface area contributed by atoms with Gasteiger partial charge in [0.15, 0.2) is 6.61 Å². The topological polar surface area (TPSA) is 85.0 Å². The monoisotopic (exact) mass is 513 g/mol. The van der Waals surface area contributed by atoms with Gasteiger partial charge in [0, 0.05) is 27.8 Å². The van der Waals surface area contributed by atoms with Gasteiger partial charge in [0.1, 0.15) is 5.75 Å². The average Bonchev–Trinajstić information content (AvgIpc) is 3.58. The van der Waals surface area contributed by atoms with E-state index in [1.165, 1.54) is 28.6 Å². The van der Waals surface area contributed by atoms with Crippen molar-refractivity contribution in [1.29, 1.82) is 0 Å². The maximum atomic E-state index is 13.3. The number of ether oxygens (including phenoxy) is 1. The van der Waals surface area contributed by atoms with E-state index >= 15 is 0 Å². The highest BCUT2D eigenvalue weighted by molar-refractivity contribution is 7.11. The summed E-state index contributed by atoms with van der Waals surface area (Å²) in [6, 6.07) is 11.9. The molecular weight excluding hydrogens is 494 g/mol. The van der Waals surface area contributed by atoms with Crippen molar-refractivity contribution in [3.05, 3.63) is 83.7 Å². The SMILES string of the molecule is O=C(COc1ccc([N+](=O)[O-])cc1Cl)N1N=C2/C(=C\c3cccs3)CCC[C@H]2[C@H]1c1cccs1. The van der Waals surface area contributed by atoms with Crippen LogP contribution in [0.2, 0.25) is 5.02 Å². The van der Waals surface area contributed by atoms with Crippen molar-refractivity contribution in [2.45, 2.75) is 25.3 Å². The molecule has 10 heteroatoms. The molecule has 34 heavy (non-hydrogen) atoms. The molecule has 174 valence electrons. The van der Waals surface area contributed by atoms with E-state index in [4.69, 9.17) is 21.4 Å². The Bertz CT molecular complexity index is 1270. The van der Waals surface area contributed by atoms with E-state index in [1.807, 2.05) is 29.0 Å². The van der Waals surface area contributed by atoms with Crippen molar-refractivity contribution in [2.75, 3.05) is 6.61 Å². The van der Waals surface area contributed by atoms with Crippen molar-refractivity contribution in [2.24, 2.45) is 11.0 Å². The Morgan fingerprint density at radius 2 is 2.09 bits per heavy atom. The second-order valence-corrected chi connectivity index (χ2v) is 10.4. The van der Waals surface area contributed by atoms with Gasteiger partial charge in [0.05, 0.1) is 21.7 Å². The minimum Gasteiger partial charge on any atom is -0.482 e. The standard InChI is InChI=1S/C24H20ClN3O4S2/c25-19-13-16(28(30)31)8-9-20(19)32-14-22(29)27-24(21-7-3-11-34-21)18-6-1-4-15(23(18)26-27)12-17-5-2-10-33-17/h2-3,5,7-13,18,24H,1,4,6,14H2/b15-12-/t18-,24+/m1/s1. The lowest BCUT2D eigenvalue weighted by Gasteiger charge is -2.28. The number of carbonyl (C=O) groups excluding carboxylic acids is 1. The summed E-state index contributed by atoms with van der Waals surface area (Å²) >= 11 is 9.42. The zero-order valence-electron chi connectivity index (χ0n) is 17.9. The Hall–Kier alpha value is -3.01. The van der Waals surface area contributed by atoms with Crippen LogP contribution in [-0.2, 0) is 4.79 Å². The number of amides is 1. The molecule has 0 unspecified atom stereocenters. The third-order valence-corrected chi connectivity index (χ3v) is 7.99. The summed E-state index contributed by atoms with van der Waals surface area (Å²) in [5.74, 6) is 0.0616. The van der Waals surface area contributed by atoms with Crippen LogP contribution in [0.1, 0.15) is 35.1 Å². The quantitative estimate of drug-likeness (QED) is 0.275.